The summed E-state index contributed by atoms with van der Waals surface area (Å²) < 4.78 is 10.9. The van der Waals surface area contributed by atoms with E-state index in [1.54, 1.807) is 14.2 Å². The molecule has 1 fully saturated rings. The number of likely N-dealkylation sites (tertiary alicyclic amines) is 1. The quantitative estimate of drug-likeness (QED) is 0.817. The van der Waals surface area contributed by atoms with Gasteiger partial charge >= 0.3 is 0 Å². The lowest BCUT2D eigenvalue weighted by Gasteiger charge is -2.22. The molecule has 2 aromatic rings. The maximum atomic E-state index is 5.47. The number of pyridine rings is 2. The molecule has 1 aliphatic carbocycles. The van der Waals surface area contributed by atoms with Crippen LogP contribution in [0.5, 0.6) is 11.6 Å². The molecule has 0 radical (unpaired) electrons. The van der Waals surface area contributed by atoms with Crippen LogP contribution in [0.3, 0.4) is 0 Å². The first-order chi connectivity index (χ1) is 13.7. The van der Waals surface area contributed by atoms with Crippen molar-refractivity contribution in [3.63, 3.8) is 0 Å². The fraction of sp³-hybridized carbons (Fsp3) is 0.636. The number of aryl methyl sites for hydroxylation is 1. The van der Waals surface area contributed by atoms with E-state index in [4.69, 9.17) is 19.4 Å². The van der Waals surface area contributed by atoms with Crippen molar-refractivity contribution in [2.24, 2.45) is 0 Å². The highest BCUT2D eigenvalue weighted by Gasteiger charge is 2.25. The number of hydrogen-bond acceptors (Lipinski definition) is 6. The minimum atomic E-state index is 0.479. The van der Waals surface area contributed by atoms with Crippen molar-refractivity contribution in [3.8, 4) is 11.6 Å². The molecule has 0 spiro atoms. The van der Waals surface area contributed by atoms with Gasteiger partial charge < -0.3 is 19.7 Å². The van der Waals surface area contributed by atoms with Gasteiger partial charge in [0.15, 0.2) is 5.75 Å². The monoisotopic (exact) mass is 384 g/mol. The van der Waals surface area contributed by atoms with Gasteiger partial charge in [0.2, 0.25) is 0 Å². The molecule has 6 nitrogen and oxygen atoms in total. The second-order valence-corrected chi connectivity index (χ2v) is 7.95. The first kappa shape index (κ1) is 19.2. The van der Waals surface area contributed by atoms with Crippen molar-refractivity contribution in [1.82, 2.24) is 14.9 Å². The summed E-state index contributed by atoms with van der Waals surface area (Å²) in [5.41, 5.74) is 5.54. The van der Waals surface area contributed by atoms with Crippen molar-refractivity contribution in [2.45, 2.75) is 57.9 Å². The Balaban J connectivity index is 1.69. The summed E-state index contributed by atoms with van der Waals surface area (Å²) in [5.74, 6) is 1.16. The molecule has 3 heterocycles. The molecule has 0 unspecified atom stereocenters. The minimum Gasteiger partial charge on any atom is -0.491 e. The maximum Gasteiger partial charge on any atom is 0.257 e. The van der Waals surface area contributed by atoms with Crippen LogP contribution >= 0.6 is 0 Å². The van der Waals surface area contributed by atoms with Crippen molar-refractivity contribution in [2.75, 3.05) is 39.2 Å². The van der Waals surface area contributed by atoms with Crippen LogP contribution in [-0.4, -0.2) is 54.8 Å². The third kappa shape index (κ3) is 3.75. The Morgan fingerprint density at radius 3 is 2.79 bits per heavy atom. The molecular weight excluding hydrogens is 352 g/mol. The third-order valence-corrected chi connectivity index (χ3v) is 6.04. The maximum absolute atomic E-state index is 5.47. The Hall–Kier alpha value is -2.08. The number of hydrogen-bond donors (Lipinski definition) is 1. The molecule has 1 N–H and O–H groups in total. The molecule has 1 saturated heterocycles. The van der Waals surface area contributed by atoms with Crippen LogP contribution in [0.2, 0.25) is 0 Å². The van der Waals surface area contributed by atoms with E-state index in [-0.39, 0.29) is 0 Å². The van der Waals surface area contributed by atoms with E-state index in [2.05, 4.69) is 17.1 Å². The van der Waals surface area contributed by atoms with Gasteiger partial charge in [-0.2, -0.15) is 0 Å². The normalized spacial score (nSPS) is 20.0. The molecule has 0 saturated carbocycles. The highest BCUT2D eigenvalue weighted by Crippen LogP contribution is 2.38. The molecule has 0 bridgehead atoms. The lowest BCUT2D eigenvalue weighted by molar-refractivity contribution is 0.285. The zero-order valence-corrected chi connectivity index (χ0v) is 17.4. The van der Waals surface area contributed by atoms with E-state index in [0.717, 1.165) is 30.3 Å². The van der Waals surface area contributed by atoms with Crippen LogP contribution in [0.1, 0.15) is 50.3 Å². The van der Waals surface area contributed by atoms with E-state index < -0.39 is 0 Å². The van der Waals surface area contributed by atoms with E-state index in [9.17, 15) is 0 Å². The smallest absolute Gasteiger partial charge is 0.257 e. The average Bonchev–Trinajstić information content (AvgIpc) is 3.07. The molecule has 28 heavy (non-hydrogen) atoms. The van der Waals surface area contributed by atoms with Crippen molar-refractivity contribution in [3.05, 3.63) is 17.3 Å². The number of ether oxygens (including phenoxy) is 2. The number of methoxy groups -OCH3 is 2. The Kier molecular flexibility index (Phi) is 5.85. The summed E-state index contributed by atoms with van der Waals surface area (Å²) in [6.07, 6.45) is 8.13. The van der Waals surface area contributed by atoms with Gasteiger partial charge in [0, 0.05) is 24.3 Å². The Labute approximate surface area is 167 Å². The van der Waals surface area contributed by atoms with Crippen LogP contribution in [0.15, 0.2) is 6.07 Å². The van der Waals surface area contributed by atoms with Crippen LogP contribution in [-0.2, 0) is 12.8 Å². The summed E-state index contributed by atoms with van der Waals surface area (Å²) in [6, 6.07) is 2.44. The molecule has 2 aromatic heterocycles. The lowest BCUT2D eigenvalue weighted by atomic mass is 10.1. The topological polar surface area (TPSA) is 59.5 Å². The summed E-state index contributed by atoms with van der Waals surface area (Å²) >= 11 is 0. The van der Waals surface area contributed by atoms with Gasteiger partial charge in [0.25, 0.3) is 5.88 Å². The molecule has 1 atom stereocenters. The van der Waals surface area contributed by atoms with Crippen LogP contribution in [0, 0.1) is 0 Å². The summed E-state index contributed by atoms with van der Waals surface area (Å²) in [4.78, 5) is 12.3. The van der Waals surface area contributed by atoms with E-state index >= 15 is 0 Å². The first-order valence-corrected chi connectivity index (χ1v) is 10.7. The summed E-state index contributed by atoms with van der Waals surface area (Å²) in [6.45, 7) is 5.85. The minimum absolute atomic E-state index is 0.479. The average molecular weight is 385 g/mol. The SMILES string of the molecule is CCCN1CCC[C@@H](Nc2c3c(nc4cc(OC)c(OC)nc24)CCC3)CC1. The number of fused-ring (bicyclic) bond motifs is 2. The zero-order chi connectivity index (χ0) is 19.5. The van der Waals surface area contributed by atoms with E-state index in [1.807, 2.05) is 6.07 Å². The lowest BCUT2D eigenvalue weighted by Crippen LogP contribution is -2.27. The second-order valence-electron chi connectivity index (χ2n) is 7.95. The highest BCUT2D eigenvalue weighted by atomic mass is 16.5. The molecule has 0 amide bonds. The van der Waals surface area contributed by atoms with Crippen LogP contribution in [0.4, 0.5) is 5.69 Å². The number of nitrogens with zero attached hydrogens (tertiary/aromatic N) is 3. The standard InChI is InChI=1S/C22H32N4O2/c1-4-11-26-12-6-7-15(10-13-26)23-20-16-8-5-9-17(16)24-18-14-19(27-2)22(28-3)25-21(18)20/h14-15H,4-13H2,1-3H3,(H,23,24)/t15-/m1/s1. The number of anilines is 1. The fourth-order valence-corrected chi connectivity index (χ4v) is 4.64. The molecular formula is C22H32N4O2. The van der Waals surface area contributed by atoms with Gasteiger partial charge in [0.1, 0.15) is 5.52 Å². The van der Waals surface area contributed by atoms with Gasteiger partial charge in [-0.1, -0.05) is 6.92 Å². The molecule has 6 heteroatoms. The van der Waals surface area contributed by atoms with Crippen LogP contribution < -0.4 is 14.8 Å². The highest BCUT2D eigenvalue weighted by molar-refractivity contribution is 5.92. The second kappa shape index (κ2) is 8.52. The van der Waals surface area contributed by atoms with Crippen molar-refractivity contribution in [1.29, 1.82) is 0 Å². The van der Waals surface area contributed by atoms with Gasteiger partial charge in [0.05, 0.1) is 25.4 Å². The Bertz CT molecular complexity index is 839. The molecule has 4 rings (SSSR count). The molecule has 152 valence electrons. The summed E-state index contributed by atoms with van der Waals surface area (Å²) in [7, 11) is 3.28. The molecule has 1 aliphatic heterocycles. The van der Waals surface area contributed by atoms with Crippen LogP contribution in [0.25, 0.3) is 11.0 Å². The van der Waals surface area contributed by atoms with Gasteiger partial charge in [-0.3, -0.25) is 4.98 Å². The Morgan fingerprint density at radius 2 is 2.00 bits per heavy atom. The predicted octanol–water partition coefficient (Wildman–Crippen LogP) is 3.81. The van der Waals surface area contributed by atoms with E-state index in [1.165, 1.54) is 62.3 Å². The molecule has 2 aliphatic rings. The predicted molar refractivity (Wildman–Crippen MR) is 113 cm³/mol. The van der Waals surface area contributed by atoms with Gasteiger partial charge in [-0.05, 0) is 63.6 Å². The summed E-state index contributed by atoms with van der Waals surface area (Å²) in [5, 5.41) is 3.89. The third-order valence-electron chi connectivity index (χ3n) is 6.04. The van der Waals surface area contributed by atoms with Crippen molar-refractivity contribution >= 4 is 16.7 Å². The molecule has 0 aromatic carbocycles. The number of aromatic nitrogens is 2. The largest absolute Gasteiger partial charge is 0.491 e. The van der Waals surface area contributed by atoms with Crippen molar-refractivity contribution < 1.29 is 9.47 Å². The number of rotatable bonds is 6. The zero-order valence-electron chi connectivity index (χ0n) is 17.4. The first-order valence-electron chi connectivity index (χ1n) is 10.7. The van der Waals surface area contributed by atoms with Gasteiger partial charge in [-0.25, -0.2) is 4.98 Å². The number of nitrogens with one attached hydrogen (secondary N) is 1. The fourth-order valence-electron chi connectivity index (χ4n) is 4.64. The Morgan fingerprint density at radius 1 is 1.11 bits per heavy atom. The van der Waals surface area contributed by atoms with E-state index in [0.29, 0.717) is 17.7 Å². The van der Waals surface area contributed by atoms with Gasteiger partial charge in [-0.15, -0.1) is 0 Å².